The smallest absolute Gasteiger partial charge is 0.141 e. The van der Waals surface area contributed by atoms with Crippen LogP contribution in [-0.2, 0) is 6.54 Å². The van der Waals surface area contributed by atoms with Crippen molar-refractivity contribution in [2.45, 2.75) is 31.8 Å². The van der Waals surface area contributed by atoms with Crippen molar-refractivity contribution in [1.82, 2.24) is 15.2 Å². The predicted molar refractivity (Wildman–Crippen MR) is 154 cm³/mol. The first-order valence-corrected chi connectivity index (χ1v) is 13.3. The van der Waals surface area contributed by atoms with Crippen molar-refractivity contribution in [3.8, 4) is 11.3 Å². The first kappa shape index (κ1) is 25.3. The van der Waals surface area contributed by atoms with Gasteiger partial charge in [-0.2, -0.15) is 0 Å². The average Bonchev–Trinajstić information content (AvgIpc) is 3.34. The monoisotopic (exact) mass is 497 g/mol. The van der Waals surface area contributed by atoms with Gasteiger partial charge in [-0.1, -0.05) is 30.8 Å². The van der Waals surface area contributed by atoms with Crippen LogP contribution in [0.15, 0.2) is 72.0 Å². The normalized spacial score (nSPS) is 16.1. The van der Waals surface area contributed by atoms with Crippen LogP contribution in [0.2, 0.25) is 0 Å². The molecule has 2 aliphatic heterocycles. The number of aromatic amines is 1. The third-order valence-corrected chi connectivity index (χ3v) is 7.43. The highest BCUT2D eigenvalue weighted by atomic mass is 15.2. The number of fused-ring (bicyclic) bond motifs is 1. The van der Waals surface area contributed by atoms with Gasteiger partial charge < -0.3 is 30.7 Å². The Morgan fingerprint density at radius 3 is 2.59 bits per heavy atom. The standard InChI is InChI=1S/C30H39N7/c1-22-33-30-25(21-37(22)27-10-8-23(9-11-27)20-32-15-5-14-31)19-29(34-30)24-6-4-7-28(18-24)36-16-12-26(13-17-36)35(2)3/h4,6-11,18-19,21,26,32H,1,5,12-17,20,31H2,2-3H3,(H,33,34). The van der Waals surface area contributed by atoms with Gasteiger partial charge in [0.1, 0.15) is 11.3 Å². The van der Waals surface area contributed by atoms with Crippen molar-refractivity contribution in [3.05, 3.63) is 83.3 Å². The van der Waals surface area contributed by atoms with E-state index in [4.69, 9.17) is 10.7 Å². The summed E-state index contributed by atoms with van der Waals surface area (Å²) in [5.41, 5.74) is 12.3. The van der Waals surface area contributed by atoms with Gasteiger partial charge in [-0.25, -0.2) is 4.99 Å². The second-order valence-electron chi connectivity index (χ2n) is 10.2. The fourth-order valence-corrected chi connectivity index (χ4v) is 5.17. The second kappa shape index (κ2) is 11.3. The van der Waals surface area contributed by atoms with Crippen LogP contribution in [0.5, 0.6) is 0 Å². The molecule has 3 heterocycles. The molecule has 1 aromatic heterocycles. The van der Waals surface area contributed by atoms with Crippen molar-refractivity contribution in [2.24, 2.45) is 10.7 Å². The maximum absolute atomic E-state index is 5.57. The Kier molecular flexibility index (Phi) is 7.74. The van der Waals surface area contributed by atoms with Gasteiger partial charge in [0.25, 0.3) is 0 Å². The second-order valence-corrected chi connectivity index (χ2v) is 10.2. The quantitative estimate of drug-likeness (QED) is 0.396. The molecule has 7 nitrogen and oxygen atoms in total. The van der Waals surface area contributed by atoms with Gasteiger partial charge >= 0.3 is 0 Å². The summed E-state index contributed by atoms with van der Waals surface area (Å²) in [5, 5.41) is 4.49. The fraction of sp³-hybridized carbons (Fsp3) is 0.367. The Labute approximate surface area is 220 Å². The molecule has 7 heteroatoms. The van der Waals surface area contributed by atoms with Gasteiger partial charge in [0.2, 0.25) is 0 Å². The number of nitrogens with zero attached hydrogens (tertiary/aromatic N) is 4. The molecule has 0 unspecified atom stereocenters. The SMILES string of the molecule is C=C1N=c2[nH]c(-c3cccc(N4CCC(N(C)C)CC4)c3)cc2=CN1c1ccc(CNCCCN)cc1. The number of rotatable bonds is 9. The molecular weight excluding hydrogens is 458 g/mol. The molecule has 0 aliphatic carbocycles. The van der Waals surface area contributed by atoms with Crippen molar-refractivity contribution < 1.29 is 0 Å². The number of nitrogens with one attached hydrogen (secondary N) is 2. The minimum Gasteiger partial charge on any atom is -0.371 e. The van der Waals surface area contributed by atoms with Crippen LogP contribution in [0.1, 0.15) is 24.8 Å². The first-order chi connectivity index (χ1) is 18.0. The number of anilines is 2. The van der Waals surface area contributed by atoms with E-state index in [9.17, 15) is 0 Å². The minimum absolute atomic E-state index is 0.678. The van der Waals surface area contributed by atoms with Crippen LogP contribution < -0.4 is 31.6 Å². The van der Waals surface area contributed by atoms with E-state index >= 15 is 0 Å². The Hall–Kier alpha value is -3.39. The predicted octanol–water partition coefficient (Wildman–Crippen LogP) is 3.00. The molecule has 0 bridgehead atoms. The van der Waals surface area contributed by atoms with Gasteiger partial charge in [0.05, 0.1) is 0 Å². The van der Waals surface area contributed by atoms with Gasteiger partial charge in [0.15, 0.2) is 0 Å². The highest BCUT2D eigenvalue weighted by Gasteiger charge is 2.21. The van der Waals surface area contributed by atoms with E-state index < -0.39 is 0 Å². The van der Waals surface area contributed by atoms with Crippen molar-refractivity contribution in [3.63, 3.8) is 0 Å². The lowest BCUT2D eigenvalue weighted by Gasteiger charge is -2.36. The van der Waals surface area contributed by atoms with Crippen molar-refractivity contribution in [1.29, 1.82) is 0 Å². The molecule has 1 saturated heterocycles. The van der Waals surface area contributed by atoms with Gasteiger partial charge in [0, 0.05) is 59.7 Å². The Morgan fingerprint density at radius 1 is 1.08 bits per heavy atom. The van der Waals surface area contributed by atoms with Crippen LogP contribution >= 0.6 is 0 Å². The average molecular weight is 498 g/mol. The number of hydrogen-bond acceptors (Lipinski definition) is 6. The molecule has 0 saturated carbocycles. The lowest BCUT2D eigenvalue weighted by Crippen LogP contribution is -2.41. The van der Waals surface area contributed by atoms with E-state index in [2.05, 4.69) is 106 Å². The molecule has 0 radical (unpaired) electrons. The number of H-pyrrole nitrogens is 1. The molecule has 0 atom stereocenters. The topological polar surface area (TPSA) is 75.9 Å². The summed E-state index contributed by atoms with van der Waals surface area (Å²) < 4.78 is 0. The number of aromatic nitrogens is 1. The molecule has 2 aromatic carbocycles. The highest BCUT2D eigenvalue weighted by Crippen LogP contribution is 2.27. The molecule has 0 spiro atoms. The summed E-state index contributed by atoms with van der Waals surface area (Å²) in [6, 6.07) is 20.2. The third kappa shape index (κ3) is 5.80. The largest absolute Gasteiger partial charge is 0.371 e. The van der Waals surface area contributed by atoms with Crippen molar-refractivity contribution >= 4 is 17.6 Å². The van der Waals surface area contributed by atoms with Crippen LogP contribution in [0.4, 0.5) is 11.4 Å². The number of benzene rings is 2. The van der Waals surface area contributed by atoms with E-state index in [1.165, 1.54) is 29.7 Å². The summed E-state index contributed by atoms with van der Waals surface area (Å²) in [6.45, 7) is 8.89. The summed E-state index contributed by atoms with van der Waals surface area (Å²) >= 11 is 0. The van der Waals surface area contributed by atoms with Crippen LogP contribution in [0.3, 0.4) is 0 Å². The zero-order valence-corrected chi connectivity index (χ0v) is 22.1. The summed E-state index contributed by atoms with van der Waals surface area (Å²) in [7, 11) is 4.37. The van der Waals surface area contributed by atoms with Crippen LogP contribution in [0, 0.1) is 0 Å². The molecule has 37 heavy (non-hydrogen) atoms. The third-order valence-electron chi connectivity index (χ3n) is 7.43. The summed E-state index contributed by atoms with van der Waals surface area (Å²) in [5.74, 6) is 0.701. The lowest BCUT2D eigenvalue weighted by molar-refractivity contribution is 0.249. The molecule has 5 rings (SSSR count). The first-order valence-electron chi connectivity index (χ1n) is 13.3. The molecule has 194 valence electrons. The minimum atomic E-state index is 0.678. The summed E-state index contributed by atoms with van der Waals surface area (Å²) in [6.07, 6.45) is 5.51. The molecule has 4 N–H and O–H groups in total. The van der Waals surface area contributed by atoms with E-state index in [0.717, 1.165) is 54.7 Å². The van der Waals surface area contributed by atoms with Gasteiger partial charge in [-0.15, -0.1) is 0 Å². The molecule has 2 aliphatic rings. The zero-order valence-electron chi connectivity index (χ0n) is 22.1. The van der Waals surface area contributed by atoms with E-state index in [1.54, 1.807) is 0 Å². The van der Waals surface area contributed by atoms with Gasteiger partial charge in [-0.3, -0.25) is 0 Å². The van der Waals surface area contributed by atoms with Gasteiger partial charge in [-0.05, 0) is 82.3 Å². The molecular formula is C30H39N7. The van der Waals surface area contributed by atoms with E-state index in [1.807, 2.05) is 0 Å². The van der Waals surface area contributed by atoms with Crippen LogP contribution in [0.25, 0.3) is 17.5 Å². The number of hydrogen-bond donors (Lipinski definition) is 3. The highest BCUT2D eigenvalue weighted by molar-refractivity contribution is 5.69. The molecule has 0 amide bonds. The number of nitrogens with two attached hydrogens (primary N) is 1. The lowest BCUT2D eigenvalue weighted by atomic mass is 10.0. The fourth-order valence-electron chi connectivity index (χ4n) is 5.17. The van der Waals surface area contributed by atoms with E-state index in [-0.39, 0.29) is 0 Å². The van der Waals surface area contributed by atoms with Crippen molar-refractivity contribution in [2.75, 3.05) is 50.1 Å². The Balaban J connectivity index is 1.32. The molecule has 1 fully saturated rings. The molecule has 3 aromatic rings. The maximum atomic E-state index is 5.57. The summed E-state index contributed by atoms with van der Waals surface area (Å²) in [4.78, 5) is 15.2. The number of piperidine rings is 1. The zero-order chi connectivity index (χ0) is 25.8. The Bertz CT molecular complexity index is 1330. The van der Waals surface area contributed by atoms with E-state index in [0.29, 0.717) is 18.4 Å². The maximum Gasteiger partial charge on any atom is 0.141 e. The van der Waals surface area contributed by atoms with Crippen LogP contribution in [-0.4, -0.2) is 56.2 Å². The Morgan fingerprint density at radius 2 is 1.86 bits per heavy atom.